The molecule has 126 valence electrons. The molecule has 1 aliphatic heterocycles. The van der Waals surface area contributed by atoms with Gasteiger partial charge in [-0.2, -0.15) is 0 Å². The van der Waals surface area contributed by atoms with Gasteiger partial charge in [0.05, 0.1) is 18.3 Å². The Morgan fingerprint density at radius 1 is 1.42 bits per heavy atom. The fraction of sp³-hybridized carbons (Fsp3) is 0.412. The molecule has 1 fully saturated rings. The van der Waals surface area contributed by atoms with E-state index in [2.05, 4.69) is 15.0 Å². The van der Waals surface area contributed by atoms with Crippen molar-refractivity contribution in [2.45, 2.75) is 32.4 Å². The van der Waals surface area contributed by atoms with Crippen LogP contribution < -0.4 is 5.56 Å². The predicted molar refractivity (Wildman–Crippen MR) is 87.5 cm³/mol. The summed E-state index contributed by atoms with van der Waals surface area (Å²) in [5.41, 5.74) is 0.376. The van der Waals surface area contributed by atoms with Crippen LogP contribution in [0.15, 0.2) is 35.4 Å². The van der Waals surface area contributed by atoms with E-state index in [-0.39, 0.29) is 17.6 Å². The van der Waals surface area contributed by atoms with E-state index in [0.717, 1.165) is 18.5 Å². The maximum absolute atomic E-state index is 12.9. The molecule has 1 aliphatic rings. The molecule has 1 saturated heterocycles. The lowest BCUT2D eigenvalue weighted by Gasteiger charge is -2.25. The van der Waals surface area contributed by atoms with Gasteiger partial charge in [0.25, 0.3) is 11.5 Å². The third-order valence-electron chi connectivity index (χ3n) is 3.97. The predicted octanol–water partition coefficient (Wildman–Crippen LogP) is 1.29. The molecule has 0 bridgehead atoms. The van der Waals surface area contributed by atoms with E-state index < -0.39 is 5.56 Å². The normalized spacial score (nSPS) is 17.0. The molecule has 0 saturated carbocycles. The van der Waals surface area contributed by atoms with Crippen LogP contribution in [0.25, 0.3) is 0 Å². The van der Waals surface area contributed by atoms with Crippen LogP contribution >= 0.6 is 0 Å². The molecule has 7 nitrogen and oxygen atoms in total. The summed E-state index contributed by atoms with van der Waals surface area (Å²) in [5, 5.41) is 0. The number of rotatable bonds is 5. The second-order valence-corrected chi connectivity index (χ2v) is 5.85. The Morgan fingerprint density at radius 3 is 2.96 bits per heavy atom. The first kappa shape index (κ1) is 16.3. The van der Waals surface area contributed by atoms with Crippen molar-refractivity contribution >= 4 is 5.91 Å². The number of aromatic amines is 1. The van der Waals surface area contributed by atoms with Crippen LogP contribution in [0, 0.1) is 6.92 Å². The van der Waals surface area contributed by atoms with Crippen molar-refractivity contribution in [3.05, 3.63) is 58.0 Å². The van der Waals surface area contributed by atoms with Crippen LogP contribution in [0.2, 0.25) is 0 Å². The molecule has 2 aromatic heterocycles. The molecule has 0 radical (unpaired) electrons. The largest absolute Gasteiger partial charge is 0.376 e. The van der Waals surface area contributed by atoms with Crippen LogP contribution in [-0.2, 0) is 11.3 Å². The van der Waals surface area contributed by atoms with Crippen LogP contribution in [0.1, 0.15) is 34.7 Å². The van der Waals surface area contributed by atoms with Gasteiger partial charge in [-0.1, -0.05) is 6.07 Å². The fourth-order valence-corrected chi connectivity index (χ4v) is 2.75. The van der Waals surface area contributed by atoms with E-state index in [4.69, 9.17) is 4.74 Å². The highest BCUT2D eigenvalue weighted by Crippen LogP contribution is 2.16. The van der Waals surface area contributed by atoms with E-state index >= 15 is 0 Å². The Balaban J connectivity index is 1.84. The fourth-order valence-electron chi connectivity index (χ4n) is 2.75. The zero-order valence-electron chi connectivity index (χ0n) is 13.6. The van der Waals surface area contributed by atoms with Gasteiger partial charge in [0.1, 0.15) is 11.4 Å². The summed E-state index contributed by atoms with van der Waals surface area (Å²) < 4.78 is 5.64. The lowest BCUT2D eigenvalue weighted by Crippen LogP contribution is -2.39. The lowest BCUT2D eigenvalue weighted by atomic mass is 10.2. The van der Waals surface area contributed by atoms with Crippen molar-refractivity contribution in [2.75, 3.05) is 13.2 Å². The molecule has 7 heteroatoms. The number of aryl methyl sites for hydroxylation is 1. The molecule has 0 aliphatic carbocycles. The zero-order chi connectivity index (χ0) is 16.9. The third kappa shape index (κ3) is 3.86. The minimum Gasteiger partial charge on any atom is -0.376 e. The van der Waals surface area contributed by atoms with Crippen LogP contribution in [0.3, 0.4) is 0 Å². The molecular formula is C17H20N4O3. The van der Waals surface area contributed by atoms with Gasteiger partial charge in [0.2, 0.25) is 0 Å². The smallest absolute Gasteiger partial charge is 0.263 e. The molecule has 24 heavy (non-hydrogen) atoms. The van der Waals surface area contributed by atoms with Crippen molar-refractivity contribution in [2.24, 2.45) is 0 Å². The molecule has 1 amide bonds. The number of carbonyl (C=O) groups is 1. The van der Waals surface area contributed by atoms with E-state index in [1.54, 1.807) is 18.0 Å². The SMILES string of the molecule is Cc1ncc(C(=O)N(Cc2ccccn2)C[C@@H]2CCCO2)c(=O)[nH]1. The van der Waals surface area contributed by atoms with Crippen molar-refractivity contribution < 1.29 is 9.53 Å². The summed E-state index contributed by atoms with van der Waals surface area (Å²) in [6, 6.07) is 5.55. The first-order valence-corrected chi connectivity index (χ1v) is 8.00. The number of nitrogens with one attached hydrogen (secondary N) is 1. The number of amides is 1. The molecular weight excluding hydrogens is 308 g/mol. The first-order valence-electron chi connectivity index (χ1n) is 8.00. The Hall–Kier alpha value is -2.54. The van der Waals surface area contributed by atoms with Crippen molar-refractivity contribution in [3.8, 4) is 0 Å². The van der Waals surface area contributed by atoms with Gasteiger partial charge in [-0.25, -0.2) is 4.98 Å². The quantitative estimate of drug-likeness (QED) is 0.893. The second kappa shape index (κ2) is 7.35. The standard InChI is InChI=1S/C17H20N4O3/c1-12-19-9-15(16(22)20-12)17(23)21(11-14-6-4-8-24-14)10-13-5-2-3-7-18-13/h2-3,5,7,9,14H,4,6,8,10-11H2,1H3,(H,19,20,22)/t14-/m0/s1. The molecule has 0 aromatic carbocycles. The highest BCUT2D eigenvalue weighted by molar-refractivity contribution is 5.93. The Kier molecular flexibility index (Phi) is 5.00. The van der Waals surface area contributed by atoms with E-state index in [0.29, 0.717) is 25.5 Å². The number of hydrogen-bond acceptors (Lipinski definition) is 5. The molecule has 3 heterocycles. The van der Waals surface area contributed by atoms with Crippen LogP contribution in [0.4, 0.5) is 0 Å². The number of pyridine rings is 1. The lowest BCUT2D eigenvalue weighted by molar-refractivity contribution is 0.0502. The summed E-state index contributed by atoms with van der Waals surface area (Å²) in [6.45, 7) is 3.15. The van der Waals surface area contributed by atoms with Gasteiger partial charge in [-0.15, -0.1) is 0 Å². The number of hydrogen-bond donors (Lipinski definition) is 1. The van der Waals surface area contributed by atoms with Gasteiger partial charge in [0, 0.05) is 25.5 Å². The Labute approximate surface area is 139 Å². The van der Waals surface area contributed by atoms with Gasteiger partial charge >= 0.3 is 0 Å². The van der Waals surface area contributed by atoms with E-state index in [1.807, 2.05) is 18.2 Å². The maximum Gasteiger partial charge on any atom is 0.263 e. The van der Waals surface area contributed by atoms with Gasteiger partial charge in [-0.05, 0) is 31.9 Å². The zero-order valence-corrected chi connectivity index (χ0v) is 13.6. The number of aromatic nitrogens is 3. The molecule has 0 unspecified atom stereocenters. The topological polar surface area (TPSA) is 88.2 Å². The van der Waals surface area contributed by atoms with Gasteiger partial charge < -0.3 is 14.6 Å². The first-order chi connectivity index (χ1) is 11.6. The number of nitrogens with zero attached hydrogens (tertiary/aromatic N) is 3. The van der Waals surface area contributed by atoms with Crippen molar-refractivity contribution in [1.82, 2.24) is 19.9 Å². The van der Waals surface area contributed by atoms with E-state index in [9.17, 15) is 9.59 Å². The molecule has 3 rings (SSSR count). The average Bonchev–Trinajstić information content (AvgIpc) is 3.08. The number of H-pyrrole nitrogens is 1. The summed E-state index contributed by atoms with van der Waals surface area (Å²) in [4.78, 5) is 37.4. The van der Waals surface area contributed by atoms with Crippen LogP contribution in [-0.4, -0.2) is 45.0 Å². The second-order valence-electron chi connectivity index (χ2n) is 5.85. The third-order valence-corrected chi connectivity index (χ3v) is 3.97. The highest BCUT2D eigenvalue weighted by Gasteiger charge is 2.25. The van der Waals surface area contributed by atoms with E-state index in [1.165, 1.54) is 6.20 Å². The molecule has 2 aromatic rings. The number of ether oxygens (including phenoxy) is 1. The van der Waals surface area contributed by atoms with Crippen molar-refractivity contribution in [3.63, 3.8) is 0 Å². The molecule has 1 atom stereocenters. The summed E-state index contributed by atoms with van der Waals surface area (Å²) in [5.74, 6) is 0.122. The van der Waals surface area contributed by atoms with Gasteiger partial charge in [-0.3, -0.25) is 14.6 Å². The Bertz CT molecular complexity index is 754. The summed E-state index contributed by atoms with van der Waals surface area (Å²) in [7, 11) is 0. The number of carbonyl (C=O) groups excluding carboxylic acids is 1. The van der Waals surface area contributed by atoms with Crippen molar-refractivity contribution in [1.29, 1.82) is 0 Å². The maximum atomic E-state index is 12.9. The van der Waals surface area contributed by atoms with Gasteiger partial charge in [0.15, 0.2) is 0 Å². The molecule has 1 N–H and O–H groups in total. The monoisotopic (exact) mass is 328 g/mol. The average molecular weight is 328 g/mol. The molecule has 0 spiro atoms. The minimum atomic E-state index is -0.425. The Morgan fingerprint density at radius 2 is 2.29 bits per heavy atom. The summed E-state index contributed by atoms with van der Waals surface area (Å²) >= 11 is 0. The highest BCUT2D eigenvalue weighted by atomic mass is 16.5. The minimum absolute atomic E-state index is 0.00449. The summed E-state index contributed by atoms with van der Waals surface area (Å²) in [6.07, 6.45) is 4.91. The van der Waals surface area contributed by atoms with Crippen LogP contribution in [0.5, 0.6) is 0 Å².